The number of oxime groups is 1. The molecule has 0 atom stereocenters. The van der Waals surface area contributed by atoms with E-state index < -0.39 is 0 Å². The Labute approximate surface area is 187 Å². The lowest BCUT2D eigenvalue weighted by atomic mass is 9.89. The number of aryl methyl sites for hydroxylation is 1. The molecule has 2 aliphatic rings. The van der Waals surface area contributed by atoms with Crippen LogP contribution < -0.4 is 0 Å². The van der Waals surface area contributed by atoms with Crippen molar-refractivity contribution in [3.63, 3.8) is 0 Å². The fourth-order valence-corrected chi connectivity index (χ4v) is 4.26. The first kappa shape index (κ1) is 21.8. The number of carbonyl (C=O) groups is 2. The minimum Gasteiger partial charge on any atom is -0.462 e. The van der Waals surface area contributed by atoms with E-state index in [1.807, 2.05) is 30.0 Å². The number of furan rings is 1. The van der Waals surface area contributed by atoms with Crippen LogP contribution >= 0.6 is 0 Å². The summed E-state index contributed by atoms with van der Waals surface area (Å²) in [4.78, 5) is 39.5. The highest BCUT2D eigenvalue weighted by Gasteiger charge is 2.32. The molecule has 0 aromatic carbocycles. The maximum Gasteiger partial charge on any atom is 0.279 e. The predicted octanol–water partition coefficient (Wildman–Crippen LogP) is 3.14. The van der Waals surface area contributed by atoms with Gasteiger partial charge in [0.2, 0.25) is 5.71 Å². The summed E-state index contributed by atoms with van der Waals surface area (Å²) in [6.45, 7) is 4.39. The topological polar surface area (TPSA) is 88.2 Å². The van der Waals surface area contributed by atoms with Gasteiger partial charge in [-0.3, -0.25) is 14.6 Å². The summed E-state index contributed by atoms with van der Waals surface area (Å²) in [5, 5.41) is 3.88. The molecule has 0 N–H and O–H groups in total. The molecule has 2 aromatic heterocycles. The van der Waals surface area contributed by atoms with Crippen molar-refractivity contribution < 1.29 is 18.8 Å². The van der Waals surface area contributed by atoms with E-state index in [2.05, 4.69) is 11.2 Å². The van der Waals surface area contributed by atoms with E-state index in [9.17, 15) is 9.59 Å². The Bertz CT molecular complexity index is 1020. The Kier molecular flexibility index (Phi) is 6.68. The molecular formula is C24H28N4O4. The second-order valence-corrected chi connectivity index (χ2v) is 8.06. The zero-order chi connectivity index (χ0) is 22.5. The zero-order valence-corrected chi connectivity index (χ0v) is 18.5. The summed E-state index contributed by atoms with van der Waals surface area (Å²) in [5.41, 5.74) is 2.56. The summed E-state index contributed by atoms with van der Waals surface area (Å²) in [7, 11) is 1.41. The van der Waals surface area contributed by atoms with Gasteiger partial charge in [0.05, 0.1) is 17.5 Å². The van der Waals surface area contributed by atoms with Crippen molar-refractivity contribution in [3.05, 3.63) is 65.4 Å². The molecule has 2 aliphatic heterocycles. The van der Waals surface area contributed by atoms with Crippen LogP contribution in [0.15, 0.2) is 52.3 Å². The van der Waals surface area contributed by atoms with Gasteiger partial charge in [-0.25, -0.2) is 0 Å². The normalized spacial score (nSPS) is 17.5. The third-order valence-corrected chi connectivity index (χ3v) is 5.95. The first-order valence-electron chi connectivity index (χ1n) is 10.9. The van der Waals surface area contributed by atoms with Crippen molar-refractivity contribution in [2.24, 2.45) is 5.16 Å². The quantitative estimate of drug-likeness (QED) is 0.408. The fourth-order valence-electron chi connectivity index (χ4n) is 4.26. The Balaban J connectivity index is 1.49. The molecule has 1 saturated heterocycles. The molecule has 1 fully saturated rings. The maximum absolute atomic E-state index is 13.2. The van der Waals surface area contributed by atoms with Gasteiger partial charge in [0.1, 0.15) is 7.11 Å². The van der Waals surface area contributed by atoms with Gasteiger partial charge in [0.15, 0.2) is 5.76 Å². The van der Waals surface area contributed by atoms with Crippen molar-refractivity contribution in [2.75, 3.05) is 33.3 Å². The Morgan fingerprint density at radius 1 is 1.12 bits per heavy atom. The molecule has 0 bridgehead atoms. The van der Waals surface area contributed by atoms with E-state index >= 15 is 0 Å². The lowest BCUT2D eigenvalue weighted by Gasteiger charge is -2.33. The minimum absolute atomic E-state index is 0.0303. The second-order valence-electron chi connectivity index (χ2n) is 8.06. The maximum atomic E-state index is 13.2. The molecule has 0 radical (unpaired) electrons. The highest BCUT2D eigenvalue weighted by molar-refractivity contribution is 6.44. The van der Waals surface area contributed by atoms with Crippen molar-refractivity contribution in [1.29, 1.82) is 0 Å². The largest absolute Gasteiger partial charge is 0.462 e. The van der Waals surface area contributed by atoms with Gasteiger partial charge in [0, 0.05) is 37.8 Å². The Hall–Kier alpha value is -3.42. The summed E-state index contributed by atoms with van der Waals surface area (Å²) < 4.78 is 5.35. The van der Waals surface area contributed by atoms with Crippen LogP contribution in [0.2, 0.25) is 0 Å². The van der Waals surface area contributed by atoms with Crippen LogP contribution in [0, 0.1) is 6.92 Å². The third kappa shape index (κ3) is 4.59. The van der Waals surface area contributed by atoms with Gasteiger partial charge in [-0.2, -0.15) is 0 Å². The van der Waals surface area contributed by atoms with Crippen molar-refractivity contribution in [3.8, 4) is 0 Å². The van der Waals surface area contributed by atoms with Gasteiger partial charge >= 0.3 is 0 Å². The minimum atomic E-state index is -0.228. The average Bonchev–Trinajstić information content (AvgIpc) is 3.37. The first-order valence-corrected chi connectivity index (χ1v) is 10.9. The summed E-state index contributed by atoms with van der Waals surface area (Å²) in [6.07, 6.45) is 7.96. The monoisotopic (exact) mass is 436 g/mol. The van der Waals surface area contributed by atoms with Gasteiger partial charge < -0.3 is 19.1 Å². The predicted molar refractivity (Wildman–Crippen MR) is 119 cm³/mol. The molecule has 2 aromatic rings. The van der Waals surface area contributed by atoms with E-state index in [1.54, 1.807) is 17.0 Å². The van der Waals surface area contributed by atoms with Crippen LogP contribution in [0.1, 0.15) is 52.7 Å². The number of pyridine rings is 1. The second kappa shape index (κ2) is 9.80. The molecule has 168 valence electrons. The average molecular weight is 437 g/mol. The van der Waals surface area contributed by atoms with E-state index in [-0.39, 0.29) is 23.4 Å². The van der Waals surface area contributed by atoms with Crippen LogP contribution in [0.25, 0.3) is 0 Å². The lowest BCUT2D eigenvalue weighted by Crippen LogP contribution is -2.42. The van der Waals surface area contributed by atoms with Crippen LogP contribution in [0.3, 0.4) is 0 Å². The molecule has 8 heteroatoms. The van der Waals surface area contributed by atoms with Crippen LogP contribution in [0.4, 0.5) is 0 Å². The van der Waals surface area contributed by atoms with Crippen molar-refractivity contribution >= 4 is 17.5 Å². The highest BCUT2D eigenvalue weighted by atomic mass is 16.6. The van der Waals surface area contributed by atoms with Gasteiger partial charge in [-0.05, 0) is 50.5 Å². The van der Waals surface area contributed by atoms with E-state index in [1.165, 1.54) is 13.4 Å². The molecule has 32 heavy (non-hydrogen) atoms. The van der Waals surface area contributed by atoms with Gasteiger partial charge in [-0.1, -0.05) is 17.3 Å². The first-order chi connectivity index (χ1) is 15.6. The SMILES string of the molecule is CON=C(C(=O)N1CCC(c2nc(C)ccc2C(=O)N2CC=CCC2)CC1)c1ccco1. The summed E-state index contributed by atoms with van der Waals surface area (Å²) >= 11 is 0. The van der Waals surface area contributed by atoms with Crippen LogP contribution in [0.5, 0.6) is 0 Å². The molecule has 2 amide bonds. The molecule has 8 nitrogen and oxygen atoms in total. The molecule has 4 heterocycles. The van der Waals surface area contributed by atoms with E-state index in [0.717, 1.165) is 37.2 Å². The van der Waals surface area contributed by atoms with Crippen molar-refractivity contribution in [2.45, 2.75) is 32.1 Å². The number of aromatic nitrogens is 1. The number of hydrogen-bond acceptors (Lipinski definition) is 6. The zero-order valence-electron chi connectivity index (χ0n) is 18.5. The molecule has 0 aliphatic carbocycles. The number of rotatable bonds is 5. The number of amides is 2. The number of nitrogens with zero attached hydrogens (tertiary/aromatic N) is 4. The van der Waals surface area contributed by atoms with Gasteiger partial charge in [-0.15, -0.1) is 0 Å². The molecule has 0 saturated carbocycles. The molecule has 0 spiro atoms. The number of likely N-dealkylation sites (tertiary alicyclic amines) is 1. The van der Waals surface area contributed by atoms with Crippen LogP contribution in [-0.2, 0) is 9.63 Å². The molecule has 0 unspecified atom stereocenters. The third-order valence-electron chi connectivity index (χ3n) is 5.95. The smallest absolute Gasteiger partial charge is 0.279 e. The Morgan fingerprint density at radius 3 is 2.59 bits per heavy atom. The summed E-state index contributed by atoms with van der Waals surface area (Å²) in [5.74, 6) is 0.295. The Morgan fingerprint density at radius 2 is 1.94 bits per heavy atom. The number of carbonyl (C=O) groups excluding carboxylic acids is 2. The summed E-state index contributed by atoms with van der Waals surface area (Å²) in [6, 6.07) is 7.19. The fraction of sp³-hybridized carbons (Fsp3) is 0.417. The number of piperidine rings is 1. The van der Waals surface area contributed by atoms with Gasteiger partial charge in [0.25, 0.3) is 11.8 Å². The standard InChI is InChI=1S/C24H28N4O4/c1-17-8-9-19(23(29)27-12-4-3-5-13-27)21(25-17)18-10-14-28(15-11-18)24(30)22(26-31-2)20-7-6-16-32-20/h3-4,6-9,16,18H,5,10-15H2,1-2H3. The highest BCUT2D eigenvalue weighted by Crippen LogP contribution is 2.30. The van der Waals surface area contributed by atoms with Crippen molar-refractivity contribution in [1.82, 2.24) is 14.8 Å². The van der Waals surface area contributed by atoms with E-state index in [4.69, 9.17) is 14.2 Å². The molecular weight excluding hydrogens is 408 g/mol. The molecule has 4 rings (SSSR count). The van der Waals surface area contributed by atoms with Crippen LogP contribution in [-0.4, -0.2) is 65.6 Å². The lowest BCUT2D eigenvalue weighted by molar-refractivity contribution is -0.125. The van der Waals surface area contributed by atoms with E-state index in [0.29, 0.717) is 31.0 Å². The number of hydrogen-bond donors (Lipinski definition) is 0.